The van der Waals surface area contributed by atoms with Gasteiger partial charge in [0.1, 0.15) is 6.04 Å². The van der Waals surface area contributed by atoms with Gasteiger partial charge in [0.05, 0.1) is 17.5 Å². The summed E-state index contributed by atoms with van der Waals surface area (Å²) in [5, 5.41) is 20.6. The van der Waals surface area contributed by atoms with Crippen LogP contribution < -0.4 is 5.32 Å². The normalized spacial score (nSPS) is 12.0. The van der Waals surface area contributed by atoms with Gasteiger partial charge in [0, 0.05) is 11.6 Å². The number of aromatic nitrogens is 1. The minimum Gasteiger partial charge on any atom is -0.481 e. The number of rotatable bonds is 5. The van der Waals surface area contributed by atoms with Crippen molar-refractivity contribution in [1.29, 1.82) is 0 Å². The second-order valence-electron chi connectivity index (χ2n) is 4.21. The molecule has 1 amide bonds. The van der Waals surface area contributed by atoms with Crippen molar-refractivity contribution in [2.24, 2.45) is 0 Å². The van der Waals surface area contributed by atoms with E-state index < -0.39 is 30.3 Å². The van der Waals surface area contributed by atoms with Crippen LogP contribution >= 0.6 is 0 Å². The van der Waals surface area contributed by atoms with E-state index in [1.807, 2.05) is 0 Å². The number of fused-ring (bicyclic) bond motifs is 1. The van der Waals surface area contributed by atoms with E-state index in [1.165, 1.54) is 6.07 Å². The van der Waals surface area contributed by atoms with Gasteiger partial charge in [-0.15, -0.1) is 0 Å². The molecular weight excluding hydrogens is 264 g/mol. The molecule has 7 heteroatoms. The topological polar surface area (TPSA) is 119 Å². The van der Waals surface area contributed by atoms with Crippen molar-refractivity contribution in [2.45, 2.75) is 12.5 Å². The summed E-state index contributed by atoms with van der Waals surface area (Å²) in [5.74, 6) is -3.32. The lowest BCUT2D eigenvalue weighted by Crippen LogP contribution is -2.42. The Morgan fingerprint density at radius 2 is 1.95 bits per heavy atom. The van der Waals surface area contributed by atoms with Gasteiger partial charge in [-0.3, -0.25) is 9.59 Å². The molecule has 0 aliphatic carbocycles. The molecule has 7 nitrogen and oxygen atoms in total. The number of amides is 1. The first-order chi connectivity index (χ1) is 9.49. The van der Waals surface area contributed by atoms with Gasteiger partial charge in [0.15, 0.2) is 0 Å². The fourth-order valence-electron chi connectivity index (χ4n) is 1.88. The second kappa shape index (κ2) is 5.43. The van der Waals surface area contributed by atoms with Crippen LogP contribution in [-0.4, -0.2) is 39.1 Å². The molecule has 0 aliphatic heterocycles. The zero-order chi connectivity index (χ0) is 14.7. The zero-order valence-electron chi connectivity index (χ0n) is 10.3. The Morgan fingerprint density at radius 1 is 1.20 bits per heavy atom. The highest BCUT2D eigenvalue weighted by Crippen LogP contribution is 2.17. The van der Waals surface area contributed by atoms with Crippen molar-refractivity contribution in [1.82, 2.24) is 10.3 Å². The maximum Gasteiger partial charge on any atom is 0.326 e. The number of carbonyl (C=O) groups excluding carboxylic acids is 1. The van der Waals surface area contributed by atoms with E-state index in [0.29, 0.717) is 5.52 Å². The molecule has 4 N–H and O–H groups in total. The number of aromatic amines is 1. The first-order valence-electron chi connectivity index (χ1n) is 5.80. The minimum absolute atomic E-state index is 0.268. The van der Waals surface area contributed by atoms with Gasteiger partial charge in [0.2, 0.25) is 0 Å². The lowest BCUT2D eigenvalue weighted by atomic mass is 10.1. The molecule has 0 radical (unpaired) electrons. The van der Waals surface area contributed by atoms with Crippen LogP contribution in [0.15, 0.2) is 30.5 Å². The number of carbonyl (C=O) groups is 3. The largest absolute Gasteiger partial charge is 0.481 e. The Hall–Kier alpha value is -2.83. The number of para-hydroxylation sites is 1. The van der Waals surface area contributed by atoms with Crippen molar-refractivity contribution >= 4 is 28.7 Å². The van der Waals surface area contributed by atoms with Gasteiger partial charge >= 0.3 is 11.9 Å². The predicted molar refractivity (Wildman–Crippen MR) is 69.4 cm³/mol. The Morgan fingerprint density at radius 3 is 2.60 bits per heavy atom. The average Bonchev–Trinajstić information content (AvgIpc) is 2.84. The molecule has 20 heavy (non-hydrogen) atoms. The molecule has 1 aromatic heterocycles. The molecule has 0 bridgehead atoms. The number of H-pyrrole nitrogens is 1. The highest BCUT2D eigenvalue weighted by molar-refractivity contribution is 6.06. The lowest BCUT2D eigenvalue weighted by Gasteiger charge is -2.12. The number of hydrogen-bond acceptors (Lipinski definition) is 3. The summed E-state index contributed by atoms with van der Waals surface area (Å²) in [7, 11) is 0. The third kappa shape index (κ3) is 2.77. The molecule has 2 rings (SSSR count). The zero-order valence-corrected chi connectivity index (χ0v) is 10.3. The Balaban J connectivity index is 2.24. The van der Waals surface area contributed by atoms with Gasteiger partial charge in [-0.1, -0.05) is 12.1 Å². The molecule has 0 fully saturated rings. The van der Waals surface area contributed by atoms with Crippen LogP contribution in [0.25, 0.3) is 10.9 Å². The summed E-state index contributed by atoms with van der Waals surface area (Å²) in [6.07, 6.45) is 0.981. The number of benzene rings is 1. The van der Waals surface area contributed by atoms with Crippen molar-refractivity contribution < 1.29 is 24.6 Å². The quantitative estimate of drug-likeness (QED) is 0.644. The molecular formula is C13H12N2O5. The molecule has 1 heterocycles. The second-order valence-corrected chi connectivity index (χ2v) is 4.21. The first kappa shape index (κ1) is 13.6. The summed E-state index contributed by atoms with van der Waals surface area (Å²) in [5.41, 5.74) is 0.841. The van der Waals surface area contributed by atoms with Crippen molar-refractivity contribution in [3.8, 4) is 0 Å². The molecule has 104 valence electrons. The van der Waals surface area contributed by atoms with Crippen LogP contribution in [0.5, 0.6) is 0 Å². The fraction of sp³-hybridized carbons (Fsp3) is 0.154. The molecule has 0 spiro atoms. The van der Waals surface area contributed by atoms with Crippen LogP contribution in [-0.2, 0) is 9.59 Å². The molecule has 2 aromatic rings. The van der Waals surface area contributed by atoms with Gasteiger partial charge in [0.25, 0.3) is 5.91 Å². The third-order valence-corrected chi connectivity index (χ3v) is 2.81. The fourth-order valence-corrected chi connectivity index (χ4v) is 1.88. The van der Waals surface area contributed by atoms with E-state index in [4.69, 9.17) is 10.2 Å². The molecule has 1 unspecified atom stereocenters. The maximum absolute atomic E-state index is 12.1. The molecule has 0 saturated heterocycles. The van der Waals surface area contributed by atoms with Gasteiger partial charge in [-0.2, -0.15) is 0 Å². The van der Waals surface area contributed by atoms with Crippen molar-refractivity contribution in [3.05, 3.63) is 36.0 Å². The maximum atomic E-state index is 12.1. The smallest absolute Gasteiger partial charge is 0.326 e. The Kier molecular flexibility index (Phi) is 3.69. The summed E-state index contributed by atoms with van der Waals surface area (Å²) < 4.78 is 0. The third-order valence-electron chi connectivity index (χ3n) is 2.81. The summed E-state index contributed by atoms with van der Waals surface area (Å²) in [6, 6.07) is 5.31. The summed E-state index contributed by atoms with van der Waals surface area (Å²) >= 11 is 0. The Labute approximate surface area is 113 Å². The summed E-state index contributed by atoms with van der Waals surface area (Å²) in [6.45, 7) is 0. The van der Waals surface area contributed by atoms with E-state index in [-0.39, 0.29) is 5.56 Å². The highest BCUT2D eigenvalue weighted by Gasteiger charge is 2.24. The van der Waals surface area contributed by atoms with Crippen LogP contribution in [0.3, 0.4) is 0 Å². The van der Waals surface area contributed by atoms with Gasteiger partial charge < -0.3 is 20.5 Å². The van der Waals surface area contributed by atoms with Gasteiger partial charge in [-0.25, -0.2) is 4.79 Å². The summed E-state index contributed by atoms with van der Waals surface area (Å²) in [4.78, 5) is 36.5. The molecule has 1 atom stereocenters. The van der Waals surface area contributed by atoms with E-state index in [1.54, 1.807) is 24.4 Å². The van der Waals surface area contributed by atoms with Crippen molar-refractivity contribution in [2.75, 3.05) is 0 Å². The standard InChI is InChI=1S/C13H12N2O5/c16-10(17)6-9(13(19)20)15-12(18)8-3-1-2-7-4-5-14-11(7)8/h1-5,9,14H,6H2,(H,15,18)(H,16,17)(H,19,20). The van der Waals surface area contributed by atoms with E-state index in [9.17, 15) is 14.4 Å². The number of carboxylic acid groups (broad SMARTS) is 2. The van der Waals surface area contributed by atoms with Crippen LogP contribution in [0.2, 0.25) is 0 Å². The molecule has 0 saturated carbocycles. The van der Waals surface area contributed by atoms with Crippen LogP contribution in [0.4, 0.5) is 0 Å². The van der Waals surface area contributed by atoms with E-state index >= 15 is 0 Å². The molecule has 1 aromatic carbocycles. The van der Waals surface area contributed by atoms with Crippen molar-refractivity contribution in [3.63, 3.8) is 0 Å². The predicted octanol–water partition coefficient (Wildman–Crippen LogP) is 0.826. The highest BCUT2D eigenvalue weighted by atomic mass is 16.4. The number of hydrogen-bond donors (Lipinski definition) is 4. The van der Waals surface area contributed by atoms with Crippen LogP contribution in [0, 0.1) is 0 Å². The Bertz CT molecular complexity index is 676. The lowest BCUT2D eigenvalue weighted by molar-refractivity contribution is -0.145. The number of aliphatic carboxylic acids is 2. The number of nitrogens with one attached hydrogen (secondary N) is 2. The minimum atomic E-state index is -1.47. The number of carboxylic acids is 2. The van der Waals surface area contributed by atoms with Gasteiger partial charge in [-0.05, 0) is 12.1 Å². The van der Waals surface area contributed by atoms with E-state index in [2.05, 4.69) is 10.3 Å². The SMILES string of the molecule is O=C(O)CC(NC(=O)c1cccc2cc[nH]c12)C(=O)O. The average molecular weight is 276 g/mol. The van der Waals surface area contributed by atoms with E-state index in [0.717, 1.165) is 5.39 Å². The first-order valence-corrected chi connectivity index (χ1v) is 5.80. The molecule has 0 aliphatic rings. The monoisotopic (exact) mass is 276 g/mol. The van der Waals surface area contributed by atoms with Crippen LogP contribution in [0.1, 0.15) is 16.8 Å².